The summed E-state index contributed by atoms with van der Waals surface area (Å²) in [5.41, 5.74) is 1.75. The highest BCUT2D eigenvalue weighted by atomic mass is 32.2. The van der Waals surface area contributed by atoms with Crippen LogP contribution in [0.2, 0.25) is 0 Å². The van der Waals surface area contributed by atoms with E-state index in [2.05, 4.69) is 0 Å². The third kappa shape index (κ3) is 3.13. The van der Waals surface area contributed by atoms with Crippen LogP contribution < -0.4 is 4.90 Å². The van der Waals surface area contributed by atoms with E-state index in [1.165, 1.54) is 18.3 Å². The lowest BCUT2D eigenvalue weighted by Gasteiger charge is -2.18. The molecule has 0 fully saturated rings. The summed E-state index contributed by atoms with van der Waals surface area (Å²) in [5, 5.41) is 0. The first-order chi connectivity index (χ1) is 12.1. The number of esters is 1. The SMILES string of the molecule is COC(=O)C1=C(C)N(c2cccc(SC)c2)C(=O)/C1=C\c1ccco1. The minimum absolute atomic E-state index is 0.249. The van der Waals surface area contributed by atoms with Crippen molar-refractivity contribution in [1.82, 2.24) is 0 Å². The van der Waals surface area contributed by atoms with Crippen LogP contribution in [0, 0.1) is 0 Å². The third-order valence-corrected chi connectivity index (χ3v) is 4.66. The monoisotopic (exact) mass is 355 g/mol. The molecule has 0 spiro atoms. The number of carbonyl (C=O) groups is 2. The predicted octanol–water partition coefficient (Wildman–Crippen LogP) is 3.88. The lowest BCUT2D eigenvalue weighted by Crippen LogP contribution is -2.24. The quantitative estimate of drug-likeness (QED) is 0.473. The molecule has 0 bridgehead atoms. The van der Waals surface area contributed by atoms with E-state index in [9.17, 15) is 9.59 Å². The van der Waals surface area contributed by atoms with Crippen LogP contribution in [0.25, 0.3) is 6.08 Å². The molecule has 0 saturated heterocycles. The van der Waals surface area contributed by atoms with Crippen LogP contribution in [0.4, 0.5) is 5.69 Å². The lowest BCUT2D eigenvalue weighted by molar-refractivity contribution is -0.136. The van der Waals surface area contributed by atoms with Crippen LogP contribution in [0.5, 0.6) is 0 Å². The van der Waals surface area contributed by atoms with Gasteiger partial charge in [-0.1, -0.05) is 6.07 Å². The van der Waals surface area contributed by atoms with E-state index in [1.54, 1.807) is 36.9 Å². The molecule has 0 radical (unpaired) electrons. The fourth-order valence-electron chi connectivity index (χ4n) is 2.76. The first-order valence-electron chi connectivity index (χ1n) is 7.60. The number of nitrogens with zero attached hydrogens (tertiary/aromatic N) is 1. The molecule has 6 heteroatoms. The molecule has 0 N–H and O–H groups in total. The number of hydrogen-bond acceptors (Lipinski definition) is 5. The maximum absolute atomic E-state index is 13.0. The fourth-order valence-corrected chi connectivity index (χ4v) is 3.21. The summed E-state index contributed by atoms with van der Waals surface area (Å²) in [4.78, 5) is 27.9. The lowest BCUT2D eigenvalue weighted by atomic mass is 10.1. The maximum atomic E-state index is 13.0. The van der Waals surface area contributed by atoms with Gasteiger partial charge in [0.2, 0.25) is 0 Å². The second kappa shape index (κ2) is 7.03. The molecule has 5 nitrogen and oxygen atoms in total. The molecule has 128 valence electrons. The molecule has 1 aliphatic heterocycles. The molecular formula is C19H17NO4S. The van der Waals surface area contributed by atoms with Crippen LogP contribution >= 0.6 is 11.8 Å². The van der Waals surface area contributed by atoms with Crippen molar-refractivity contribution in [1.29, 1.82) is 0 Å². The molecule has 0 saturated carbocycles. The van der Waals surface area contributed by atoms with Crippen molar-refractivity contribution >= 4 is 35.4 Å². The number of allylic oxidation sites excluding steroid dienone is 1. The second-order valence-corrected chi connectivity index (χ2v) is 6.25. The van der Waals surface area contributed by atoms with Crippen molar-refractivity contribution < 1.29 is 18.7 Å². The first kappa shape index (κ1) is 17.1. The number of furan rings is 1. The molecule has 0 atom stereocenters. The minimum atomic E-state index is -0.549. The number of anilines is 1. The van der Waals surface area contributed by atoms with Crippen molar-refractivity contribution in [3.8, 4) is 0 Å². The molecule has 25 heavy (non-hydrogen) atoms. The summed E-state index contributed by atoms with van der Waals surface area (Å²) >= 11 is 1.59. The number of thioether (sulfide) groups is 1. The number of rotatable bonds is 4. The normalized spacial score (nSPS) is 16.0. The Kier molecular flexibility index (Phi) is 4.81. The number of benzene rings is 1. The number of carbonyl (C=O) groups excluding carboxylic acids is 2. The molecular weight excluding hydrogens is 338 g/mol. The average molecular weight is 355 g/mol. The molecule has 0 unspecified atom stereocenters. The Balaban J connectivity index is 2.13. The van der Waals surface area contributed by atoms with Crippen molar-refractivity contribution in [2.45, 2.75) is 11.8 Å². The Morgan fingerprint density at radius 1 is 1.28 bits per heavy atom. The van der Waals surface area contributed by atoms with E-state index in [0.29, 0.717) is 17.1 Å². The summed E-state index contributed by atoms with van der Waals surface area (Å²) < 4.78 is 10.2. The average Bonchev–Trinajstić information content (AvgIpc) is 3.22. The largest absolute Gasteiger partial charge is 0.465 e. The van der Waals surface area contributed by atoms with E-state index in [-0.39, 0.29) is 17.1 Å². The Labute approximate surface area is 150 Å². The molecule has 0 aliphatic carbocycles. The van der Waals surface area contributed by atoms with Gasteiger partial charge in [0, 0.05) is 10.6 Å². The number of hydrogen-bond donors (Lipinski definition) is 0. The van der Waals surface area contributed by atoms with Gasteiger partial charge in [0.05, 0.1) is 30.2 Å². The highest BCUT2D eigenvalue weighted by Crippen LogP contribution is 2.36. The molecule has 1 aromatic carbocycles. The zero-order valence-electron chi connectivity index (χ0n) is 14.1. The Morgan fingerprint density at radius 3 is 2.72 bits per heavy atom. The van der Waals surface area contributed by atoms with Crippen LogP contribution in [-0.4, -0.2) is 25.2 Å². The van der Waals surface area contributed by atoms with Crippen molar-refractivity contribution in [3.05, 3.63) is 65.3 Å². The van der Waals surface area contributed by atoms with Gasteiger partial charge in [-0.25, -0.2) is 4.79 Å². The van der Waals surface area contributed by atoms with Crippen LogP contribution in [-0.2, 0) is 14.3 Å². The van der Waals surface area contributed by atoms with Gasteiger partial charge in [-0.15, -0.1) is 11.8 Å². The summed E-state index contributed by atoms with van der Waals surface area (Å²) in [6, 6.07) is 11.0. The van der Waals surface area contributed by atoms with E-state index < -0.39 is 5.97 Å². The highest BCUT2D eigenvalue weighted by molar-refractivity contribution is 7.98. The van der Waals surface area contributed by atoms with Crippen molar-refractivity contribution in [2.24, 2.45) is 0 Å². The summed E-state index contributed by atoms with van der Waals surface area (Å²) in [6.45, 7) is 1.74. The van der Waals surface area contributed by atoms with Gasteiger partial charge in [-0.05, 0) is 49.6 Å². The number of amides is 1. The number of ether oxygens (including phenoxy) is 1. The zero-order valence-corrected chi connectivity index (χ0v) is 14.9. The van der Waals surface area contributed by atoms with Gasteiger partial charge >= 0.3 is 5.97 Å². The van der Waals surface area contributed by atoms with Gasteiger partial charge in [0.15, 0.2) is 0 Å². The Hall–Kier alpha value is -2.73. The van der Waals surface area contributed by atoms with Gasteiger partial charge in [-0.3, -0.25) is 9.69 Å². The molecule has 1 amide bonds. The van der Waals surface area contributed by atoms with Gasteiger partial charge in [0.1, 0.15) is 5.76 Å². The highest BCUT2D eigenvalue weighted by Gasteiger charge is 2.38. The van der Waals surface area contributed by atoms with Crippen LogP contribution in [0.3, 0.4) is 0 Å². The molecule has 1 aliphatic rings. The number of methoxy groups -OCH3 is 1. The van der Waals surface area contributed by atoms with Crippen molar-refractivity contribution in [2.75, 3.05) is 18.3 Å². The summed E-state index contributed by atoms with van der Waals surface area (Å²) in [6.07, 6.45) is 5.05. The summed E-state index contributed by atoms with van der Waals surface area (Å²) in [7, 11) is 1.30. The van der Waals surface area contributed by atoms with E-state index in [0.717, 1.165) is 4.90 Å². The molecule has 1 aromatic heterocycles. The topological polar surface area (TPSA) is 59.8 Å². The standard InChI is InChI=1S/C19H17NO4S/c1-12-17(19(22)23-2)16(11-14-7-5-9-24-14)18(21)20(12)13-6-4-8-15(10-13)25-3/h4-11H,1-3H3/b16-11-. The van der Waals surface area contributed by atoms with E-state index in [4.69, 9.17) is 9.15 Å². The minimum Gasteiger partial charge on any atom is -0.465 e. The first-order valence-corrected chi connectivity index (χ1v) is 8.82. The fraction of sp³-hybridized carbons (Fsp3) is 0.158. The Bertz CT molecular complexity index is 881. The van der Waals surface area contributed by atoms with Gasteiger partial charge in [-0.2, -0.15) is 0 Å². The van der Waals surface area contributed by atoms with Crippen LogP contribution in [0.1, 0.15) is 12.7 Å². The second-order valence-electron chi connectivity index (χ2n) is 5.37. The Morgan fingerprint density at radius 2 is 2.08 bits per heavy atom. The molecule has 3 rings (SSSR count). The molecule has 2 aromatic rings. The zero-order chi connectivity index (χ0) is 18.0. The van der Waals surface area contributed by atoms with E-state index >= 15 is 0 Å². The van der Waals surface area contributed by atoms with Gasteiger partial charge in [0.25, 0.3) is 5.91 Å². The van der Waals surface area contributed by atoms with Crippen molar-refractivity contribution in [3.63, 3.8) is 0 Å². The van der Waals surface area contributed by atoms with Gasteiger partial charge < -0.3 is 9.15 Å². The predicted molar refractivity (Wildman–Crippen MR) is 97.1 cm³/mol. The molecule has 2 heterocycles. The maximum Gasteiger partial charge on any atom is 0.340 e. The van der Waals surface area contributed by atoms with Crippen LogP contribution in [0.15, 0.2) is 68.8 Å². The van der Waals surface area contributed by atoms with E-state index in [1.807, 2.05) is 30.5 Å². The summed E-state index contributed by atoms with van der Waals surface area (Å²) in [5.74, 6) is -0.336. The third-order valence-electron chi connectivity index (χ3n) is 3.93. The smallest absolute Gasteiger partial charge is 0.340 e.